The normalized spacial score (nSPS) is 13.3. The molecule has 0 unspecified atom stereocenters. The number of hydrogen-bond donors (Lipinski definition) is 0. The van der Waals surface area contributed by atoms with Gasteiger partial charge in [0.1, 0.15) is 7.05 Å². The van der Waals surface area contributed by atoms with Gasteiger partial charge in [0.15, 0.2) is 6.20 Å². The van der Waals surface area contributed by atoms with Crippen molar-refractivity contribution in [2.45, 2.75) is 61.3 Å². The van der Waals surface area contributed by atoms with E-state index in [0.29, 0.717) is 0 Å². The smallest absolute Gasteiger partial charge is 0.224 e. The third-order valence-electron chi connectivity index (χ3n) is 8.47. The molecule has 0 spiro atoms. The summed E-state index contributed by atoms with van der Waals surface area (Å²) in [5.41, 5.74) is 9.98. The fourth-order valence-corrected chi connectivity index (χ4v) is 7.18. The van der Waals surface area contributed by atoms with E-state index in [-0.39, 0.29) is 10.8 Å². The van der Waals surface area contributed by atoms with E-state index in [1.807, 2.05) is 0 Å². The largest absolute Gasteiger partial charge is 0.307 e. The van der Waals surface area contributed by atoms with Crippen LogP contribution in [-0.4, -0.2) is 4.40 Å². The summed E-state index contributed by atoms with van der Waals surface area (Å²) in [5.74, 6) is 0. The van der Waals surface area contributed by atoms with Gasteiger partial charge in [-0.1, -0.05) is 84.0 Å². The molecule has 0 saturated carbocycles. The number of rotatable bonds is 2. The summed E-state index contributed by atoms with van der Waals surface area (Å²) in [7, 11) is 2.21. The molecule has 7 aromatic rings. The molecule has 2 nitrogen and oxygen atoms in total. The van der Waals surface area contributed by atoms with Gasteiger partial charge >= 0.3 is 0 Å². The van der Waals surface area contributed by atoms with Crippen molar-refractivity contribution in [2.24, 2.45) is 17.9 Å². The molecule has 0 atom stereocenters. The van der Waals surface area contributed by atoms with Crippen LogP contribution in [0.25, 0.3) is 59.8 Å². The van der Waals surface area contributed by atoms with Crippen LogP contribution in [0.4, 0.5) is 0 Å². The summed E-state index contributed by atoms with van der Waals surface area (Å²) in [4.78, 5) is 0. The Morgan fingerprint density at radius 1 is 0.667 bits per heavy atom. The molecule has 0 aliphatic heterocycles. The summed E-state index contributed by atoms with van der Waals surface area (Å²) < 4.78 is 4.96. The molecule has 2 heteroatoms. The van der Waals surface area contributed by atoms with Crippen molar-refractivity contribution in [3.8, 4) is 0 Å². The zero-order valence-electron chi connectivity index (χ0n) is 24.7. The van der Waals surface area contributed by atoms with Crippen LogP contribution in [0, 0.1) is 17.8 Å². The highest BCUT2D eigenvalue weighted by atomic mass is 15.0. The van der Waals surface area contributed by atoms with Crippen LogP contribution in [0.5, 0.6) is 0 Å². The number of fused-ring (bicyclic) bond motifs is 7. The molecule has 39 heavy (non-hydrogen) atoms. The third kappa shape index (κ3) is 3.64. The Balaban J connectivity index is 1.80. The van der Waals surface area contributed by atoms with E-state index < -0.39 is 0 Å². The van der Waals surface area contributed by atoms with Gasteiger partial charge in [-0.2, -0.15) is 0 Å². The van der Waals surface area contributed by atoms with Crippen LogP contribution in [0.15, 0.2) is 66.9 Å². The van der Waals surface area contributed by atoms with Crippen LogP contribution in [0.2, 0.25) is 0 Å². The maximum Gasteiger partial charge on any atom is 0.224 e. The lowest BCUT2D eigenvalue weighted by Crippen LogP contribution is -2.29. The van der Waals surface area contributed by atoms with Gasteiger partial charge in [0.2, 0.25) is 5.52 Å². The van der Waals surface area contributed by atoms with E-state index in [2.05, 4.69) is 131 Å². The Labute approximate surface area is 231 Å². The summed E-state index contributed by atoms with van der Waals surface area (Å²) >= 11 is 0. The molecule has 0 aliphatic rings. The number of aryl methyl sites for hydroxylation is 2. The molecule has 0 radical (unpaired) electrons. The van der Waals surface area contributed by atoms with Crippen LogP contribution >= 0.6 is 0 Å². The molecule has 0 amide bonds. The van der Waals surface area contributed by atoms with Gasteiger partial charge in [-0.15, -0.1) is 0 Å². The van der Waals surface area contributed by atoms with Gasteiger partial charge in [-0.05, 0) is 75.6 Å². The van der Waals surface area contributed by atoms with Gasteiger partial charge < -0.3 is 4.40 Å². The van der Waals surface area contributed by atoms with Gasteiger partial charge in [0.05, 0.1) is 27.3 Å². The number of pyridine rings is 2. The first kappa shape index (κ1) is 24.4. The monoisotopic (exact) mass is 511 g/mol. The number of hydrogen-bond acceptors (Lipinski definition) is 0. The second kappa shape index (κ2) is 7.94. The standard InChI is InChI=1S/C37H39N2/c1-22-26-11-9-10-12-27(26)33-28-14-13-23(20-36(2,3)4)18-29(28)39-30-19-24(21-37(5,6)7)17-25-15-16-38(8)34(32(25)30)31(22)35(33)39/h9-19H,20-21H2,1-8H3/q+1. The highest BCUT2D eigenvalue weighted by Gasteiger charge is 2.27. The zero-order valence-corrected chi connectivity index (χ0v) is 24.7. The van der Waals surface area contributed by atoms with Gasteiger partial charge in [0, 0.05) is 16.8 Å². The first-order valence-corrected chi connectivity index (χ1v) is 14.4. The minimum absolute atomic E-state index is 0.218. The number of benzene rings is 4. The number of aromatic nitrogens is 2. The Hall–Kier alpha value is -3.65. The second-order valence-electron chi connectivity index (χ2n) is 14.3. The maximum absolute atomic E-state index is 2.62. The van der Waals surface area contributed by atoms with E-state index in [1.165, 1.54) is 76.5 Å². The van der Waals surface area contributed by atoms with Crippen molar-refractivity contribution in [3.63, 3.8) is 0 Å². The van der Waals surface area contributed by atoms with E-state index in [1.54, 1.807) is 0 Å². The molecule has 4 aromatic carbocycles. The van der Waals surface area contributed by atoms with E-state index in [0.717, 1.165) is 12.8 Å². The van der Waals surface area contributed by atoms with E-state index in [4.69, 9.17) is 0 Å². The first-order valence-electron chi connectivity index (χ1n) is 14.4. The Morgan fingerprint density at radius 2 is 1.33 bits per heavy atom. The van der Waals surface area contributed by atoms with Crippen LogP contribution < -0.4 is 4.57 Å². The van der Waals surface area contributed by atoms with E-state index in [9.17, 15) is 0 Å². The fourth-order valence-electron chi connectivity index (χ4n) is 7.18. The third-order valence-corrected chi connectivity index (χ3v) is 8.47. The van der Waals surface area contributed by atoms with Crippen LogP contribution in [0.1, 0.15) is 58.2 Å². The predicted molar refractivity (Wildman–Crippen MR) is 168 cm³/mol. The van der Waals surface area contributed by atoms with Crippen molar-refractivity contribution in [1.29, 1.82) is 0 Å². The Morgan fingerprint density at radius 3 is 2.05 bits per heavy atom. The highest BCUT2D eigenvalue weighted by molar-refractivity contribution is 6.33. The topological polar surface area (TPSA) is 8.29 Å². The average molecular weight is 512 g/mol. The summed E-state index contributed by atoms with van der Waals surface area (Å²) in [6, 6.07) is 23.5. The van der Waals surface area contributed by atoms with E-state index >= 15 is 0 Å². The molecule has 3 heterocycles. The SMILES string of the molecule is Cc1c2ccccc2c2c3ccc(CC(C)(C)C)cc3n3c4cc(CC(C)(C)C)cc5cc[n+](C)c(c1c23)c54. The molecule has 3 aromatic heterocycles. The quantitative estimate of drug-likeness (QED) is 0.124. The number of nitrogens with zero attached hydrogens (tertiary/aromatic N) is 2. The lowest BCUT2D eigenvalue weighted by Gasteiger charge is -2.20. The minimum Gasteiger partial charge on any atom is -0.307 e. The van der Waals surface area contributed by atoms with Crippen molar-refractivity contribution < 1.29 is 4.57 Å². The second-order valence-corrected chi connectivity index (χ2v) is 14.3. The van der Waals surface area contributed by atoms with Crippen molar-refractivity contribution in [2.75, 3.05) is 0 Å². The molecule has 0 N–H and O–H groups in total. The van der Waals surface area contributed by atoms with Crippen molar-refractivity contribution in [3.05, 3.63) is 83.6 Å². The van der Waals surface area contributed by atoms with Gasteiger partial charge in [0.25, 0.3) is 0 Å². The first-order chi connectivity index (χ1) is 18.4. The van der Waals surface area contributed by atoms with Gasteiger partial charge in [-0.3, -0.25) is 0 Å². The van der Waals surface area contributed by atoms with Crippen molar-refractivity contribution in [1.82, 2.24) is 4.40 Å². The van der Waals surface area contributed by atoms with Crippen LogP contribution in [0.3, 0.4) is 0 Å². The Kier molecular flexibility index (Phi) is 4.97. The van der Waals surface area contributed by atoms with Gasteiger partial charge in [-0.25, -0.2) is 4.57 Å². The molecule has 0 bridgehead atoms. The lowest BCUT2D eigenvalue weighted by molar-refractivity contribution is -0.643. The summed E-state index contributed by atoms with van der Waals surface area (Å²) in [5, 5.41) is 9.51. The molecular weight excluding hydrogens is 472 g/mol. The molecule has 196 valence electrons. The predicted octanol–water partition coefficient (Wildman–Crippen LogP) is 9.45. The summed E-state index contributed by atoms with van der Waals surface area (Å²) in [6.07, 6.45) is 4.36. The maximum atomic E-state index is 2.62. The van der Waals surface area contributed by atoms with Crippen LogP contribution in [-0.2, 0) is 19.9 Å². The minimum atomic E-state index is 0.218. The lowest BCUT2D eigenvalue weighted by atomic mass is 9.87. The molecule has 0 aliphatic carbocycles. The fraction of sp³-hybridized carbons (Fsp3) is 0.324. The highest BCUT2D eigenvalue weighted by Crippen LogP contribution is 2.45. The van der Waals surface area contributed by atoms with Crippen molar-refractivity contribution >= 4 is 59.8 Å². The average Bonchev–Trinajstić information content (AvgIpc) is 3.18. The zero-order chi connectivity index (χ0) is 27.4. The Bertz CT molecular complexity index is 2090. The molecular formula is C37H39N2+. The molecule has 0 saturated heterocycles. The molecule has 0 fully saturated rings. The summed E-state index contributed by atoms with van der Waals surface area (Å²) in [6.45, 7) is 16.3. The molecule has 7 rings (SSSR count).